The largest absolute Gasteiger partial charge is 0.255 e. The number of nitrogens with zero attached hydrogens (tertiary/aromatic N) is 2. The summed E-state index contributed by atoms with van der Waals surface area (Å²) < 4.78 is 0. The van der Waals surface area contributed by atoms with Crippen LogP contribution in [0, 0.1) is 0 Å². The van der Waals surface area contributed by atoms with Gasteiger partial charge in [0, 0.05) is 22.7 Å². The maximum atomic E-state index is 4.92. The molecule has 0 heterocycles. The fourth-order valence-corrected chi connectivity index (χ4v) is 3.96. The van der Waals surface area contributed by atoms with Crippen molar-refractivity contribution in [3.63, 3.8) is 0 Å². The molecule has 33 heavy (non-hydrogen) atoms. The Morgan fingerprint density at radius 2 is 1.24 bits per heavy atom. The van der Waals surface area contributed by atoms with Crippen LogP contribution in [0.5, 0.6) is 0 Å². The number of unbranched alkanes of at least 4 members (excludes halogenated alkanes) is 7. The van der Waals surface area contributed by atoms with Gasteiger partial charge in [0.05, 0.1) is 17.1 Å². The average Bonchev–Trinajstić information content (AvgIpc) is 2.81. The average molecular weight is 491 g/mol. The zero-order valence-corrected chi connectivity index (χ0v) is 22.1. The van der Waals surface area contributed by atoms with Gasteiger partial charge in [-0.1, -0.05) is 90.0 Å². The summed E-state index contributed by atoms with van der Waals surface area (Å²) in [6.07, 6.45) is 17.9. The van der Waals surface area contributed by atoms with Gasteiger partial charge >= 0.3 is 0 Å². The van der Waals surface area contributed by atoms with Gasteiger partial charge < -0.3 is 0 Å². The summed E-state index contributed by atoms with van der Waals surface area (Å²) in [5, 5.41) is 0. The molecule has 2 aromatic rings. The Bertz CT molecular complexity index is 783. The summed E-state index contributed by atoms with van der Waals surface area (Å²) >= 11 is 0. The van der Waals surface area contributed by atoms with Gasteiger partial charge in [0.2, 0.25) is 0 Å². The third kappa shape index (κ3) is 12.9. The van der Waals surface area contributed by atoms with Crippen LogP contribution in [0.3, 0.4) is 0 Å². The number of aliphatic imine (C=N–C) groups is 2. The first-order valence-electron chi connectivity index (χ1n) is 13.0. The Balaban J connectivity index is 0.00000544. The monoisotopic (exact) mass is 490 g/mol. The van der Waals surface area contributed by atoms with E-state index < -0.39 is 0 Å². The second-order valence-corrected chi connectivity index (χ2v) is 8.93. The van der Waals surface area contributed by atoms with E-state index in [-0.39, 0.29) is 16.5 Å². The van der Waals surface area contributed by atoms with Crippen molar-refractivity contribution >= 4 is 23.3 Å². The minimum atomic E-state index is 0. The van der Waals surface area contributed by atoms with Crippen LogP contribution in [0.1, 0.15) is 103 Å². The second-order valence-electron chi connectivity index (χ2n) is 8.93. The van der Waals surface area contributed by atoms with Crippen molar-refractivity contribution in [1.29, 1.82) is 0 Å². The number of aryl methyl sites for hydroxylation is 2. The molecule has 0 amide bonds. The van der Waals surface area contributed by atoms with E-state index in [2.05, 4.69) is 51.1 Å². The summed E-state index contributed by atoms with van der Waals surface area (Å²) in [6, 6.07) is 17.3. The molecular weight excluding hydrogens is 447 g/mol. The van der Waals surface area contributed by atoms with Crippen LogP contribution in [0.25, 0.3) is 0 Å². The van der Waals surface area contributed by atoms with Crippen molar-refractivity contribution in [1.82, 2.24) is 0 Å². The first kappa shape index (κ1) is 29.3. The van der Waals surface area contributed by atoms with Crippen molar-refractivity contribution in [2.75, 3.05) is 0 Å². The predicted molar refractivity (Wildman–Crippen MR) is 143 cm³/mol. The smallest absolute Gasteiger partial charge is 0.0635 e. The van der Waals surface area contributed by atoms with Crippen LogP contribution in [0.2, 0.25) is 0 Å². The number of benzene rings is 2. The molecule has 2 rings (SSSR count). The van der Waals surface area contributed by atoms with Crippen molar-refractivity contribution in [3.05, 3.63) is 59.7 Å². The summed E-state index contributed by atoms with van der Waals surface area (Å²) in [5.74, 6) is 0. The van der Waals surface area contributed by atoms with Crippen molar-refractivity contribution in [2.45, 2.75) is 104 Å². The van der Waals surface area contributed by atoms with Gasteiger partial charge in [0.1, 0.15) is 0 Å². The zero-order chi connectivity index (χ0) is 22.9. The van der Waals surface area contributed by atoms with Gasteiger partial charge in [-0.2, -0.15) is 0 Å². The Morgan fingerprint density at radius 3 is 1.82 bits per heavy atom. The normalized spacial score (nSPS) is 11.7. The first-order valence-corrected chi connectivity index (χ1v) is 13.0. The van der Waals surface area contributed by atoms with E-state index in [9.17, 15) is 0 Å². The molecule has 0 atom stereocenters. The molecule has 0 aromatic heterocycles. The molecule has 0 fully saturated rings. The van der Waals surface area contributed by atoms with Crippen LogP contribution in [-0.2, 0) is 29.3 Å². The van der Waals surface area contributed by atoms with Gasteiger partial charge in [-0.15, -0.1) is 0 Å². The fourth-order valence-electron chi connectivity index (χ4n) is 3.96. The number of hydrogen-bond acceptors (Lipinski definition) is 2. The summed E-state index contributed by atoms with van der Waals surface area (Å²) in [7, 11) is 0. The molecule has 184 valence electrons. The zero-order valence-electron chi connectivity index (χ0n) is 21.1. The molecule has 0 saturated carbocycles. The molecular formula is C30H44N2Ni. The Labute approximate surface area is 213 Å². The van der Waals surface area contributed by atoms with Crippen LogP contribution in [0.15, 0.2) is 58.5 Å². The minimum Gasteiger partial charge on any atom is -0.255 e. The summed E-state index contributed by atoms with van der Waals surface area (Å²) in [4.78, 5) is 9.83. The molecule has 0 N–H and O–H groups in total. The van der Waals surface area contributed by atoms with Crippen molar-refractivity contribution < 1.29 is 16.5 Å². The van der Waals surface area contributed by atoms with E-state index in [4.69, 9.17) is 9.98 Å². The molecule has 0 unspecified atom stereocenters. The van der Waals surface area contributed by atoms with Crippen LogP contribution in [-0.4, -0.2) is 11.9 Å². The summed E-state index contributed by atoms with van der Waals surface area (Å²) in [5.41, 5.74) is 6.04. The Kier molecular flexibility index (Phi) is 16.6. The van der Waals surface area contributed by atoms with E-state index in [0.717, 1.165) is 36.3 Å². The second kappa shape index (κ2) is 18.7. The molecule has 0 aliphatic carbocycles. The van der Waals surface area contributed by atoms with Crippen LogP contribution < -0.4 is 0 Å². The molecule has 0 radical (unpaired) electrons. The molecule has 0 bridgehead atoms. The first-order chi connectivity index (χ1) is 15.7. The molecule has 2 aromatic carbocycles. The minimum absolute atomic E-state index is 0. The van der Waals surface area contributed by atoms with E-state index in [0.29, 0.717) is 0 Å². The fraction of sp³-hybridized carbons (Fsp3) is 0.533. The van der Waals surface area contributed by atoms with Crippen molar-refractivity contribution in [2.24, 2.45) is 9.98 Å². The number of rotatable bonds is 16. The van der Waals surface area contributed by atoms with Gasteiger partial charge in [-0.3, -0.25) is 9.98 Å². The molecule has 2 nitrogen and oxygen atoms in total. The maximum absolute atomic E-state index is 4.92. The van der Waals surface area contributed by atoms with Gasteiger partial charge in [0.15, 0.2) is 0 Å². The maximum Gasteiger partial charge on any atom is 0.0635 e. The van der Waals surface area contributed by atoms with Crippen LogP contribution >= 0.6 is 0 Å². The van der Waals surface area contributed by atoms with Gasteiger partial charge in [-0.25, -0.2) is 0 Å². The SMILES string of the molecule is CCCCCCC(/C=N/c1cc(CCCCC)cc(CCCCC)c1)=N\c1ccccc1.[Ni]. The number of para-hydroxylation sites is 1. The van der Waals surface area contributed by atoms with E-state index >= 15 is 0 Å². The molecule has 0 aliphatic heterocycles. The molecule has 0 saturated heterocycles. The Morgan fingerprint density at radius 1 is 0.667 bits per heavy atom. The van der Waals surface area contributed by atoms with Crippen LogP contribution in [0.4, 0.5) is 11.4 Å². The standard InChI is InChI=1S/C30H44N2.Ni/c1-4-7-10-14-21-29(32-28-19-15-11-16-20-28)25-31-30-23-26(17-12-8-5-2)22-27(24-30)18-13-9-6-3;/h11,15-16,19-20,22-25H,4-10,12-14,17-18,21H2,1-3H3;/b31-25+,32-29+;. The van der Waals surface area contributed by atoms with Gasteiger partial charge in [0.25, 0.3) is 0 Å². The molecule has 3 heteroatoms. The third-order valence-electron chi connectivity index (χ3n) is 5.85. The third-order valence-corrected chi connectivity index (χ3v) is 5.85. The van der Waals surface area contributed by atoms with Gasteiger partial charge in [-0.05, 0) is 73.9 Å². The van der Waals surface area contributed by atoms with E-state index in [1.54, 1.807) is 0 Å². The quantitative estimate of drug-likeness (QED) is 0.127. The van der Waals surface area contributed by atoms with E-state index in [1.165, 1.54) is 75.3 Å². The molecule has 0 spiro atoms. The predicted octanol–water partition coefficient (Wildman–Crippen LogP) is 9.59. The Hall–Kier alpha value is -1.73. The topological polar surface area (TPSA) is 24.7 Å². The molecule has 0 aliphatic rings. The van der Waals surface area contributed by atoms with Crippen molar-refractivity contribution in [3.8, 4) is 0 Å². The number of hydrogen-bond donors (Lipinski definition) is 0. The van der Waals surface area contributed by atoms with E-state index in [1.807, 2.05) is 24.4 Å². The summed E-state index contributed by atoms with van der Waals surface area (Å²) in [6.45, 7) is 6.79.